The molecule has 0 radical (unpaired) electrons. The van der Waals surface area contributed by atoms with E-state index >= 15 is 0 Å². The standard InChI is InChI=1S/C12H16INO/c1-12(2,3)10-7-15-11(14-10)8-5-4-6-9(8)13/h4-6,10,14H,7H2,1-3H3/b11-8+. The molecule has 0 amide bonds. The van der Waals surface area contributed by atoms with Crippen LogP contribution in [0.4, 0.5) is 0 Å². The van der Waals surface area contributed by atoms with Crippen molar-refractivity contribution in [3.8, 4) is 0 Å². The molecule has 0 saturated carbocycles. The van der Waals surface area contributed by atoms with Crippen LogP contribution >= 0.6 is 22.6 Å². The second-order valence-corrected chi connectivity index (χ2v) is 6.15. The van der Waals surface area contributed by atoms with Gasteiger partial charge in [0.15, 0.2) is 5.88 Å². The summed E-state index contributed by atoms with van der Waals surface area (Å²) in [6, 6.07) is 0.401. The van der Waals surface area contributed by atoms with Crippen molar-refractivity contribution < 1.29 is 4.74 Å². The van der Waals surface area contributed by atoms with E-state index in [9.17, 15) is 0 Å². The number of allylic oxidation sites excluding steroid dienone is 5. The van der Waals surface area contributed by atoms with Crippen molar-refractivity contribution in [3.05, 3.63) is 33.3 Å². The monoisotopic (exact) mass is 317 g/mol. The lowest BCUT2D eigenvalue weighted by molar-refractivity contribution is 0.214. The van der Waals surface area contributed by atoms with Gasteiger partial charge in [0, 0.05) is 9.15 Å². The zero-order valence-corrected chi connectivity index (χ0v) is 11.5. The number of ether oxygens (including phenoxy) is 1. The van der Waals surface area contributed by atoms with E-state index in [2.05, 4.69) is 66.9 Å². The molecule has 1 N–H and O–H groups in total. The van der Waals surface area contributed by atoms with Crippen LogP contribution in [0.3, 0.4) is 0 Å². The Labute approximate surface area is 105 Å². The molecular weight excluding hydrogens is 301 g/mol. The lowest BCUT2D eigenvalue weighted by atomic mass is 9.88. The summed E-state index contributed by atoms with van der Waals surface area (Å²) in [6.45, 7) is 7.45. The zero-order chi connectivity index (χ0) is 11.1. The van der Waals surface area contributed by atoms with Crippen molar-refractivity contribution in [2.45, 2.75) is 26.8 Å². The quantitative estimate of drug-likeness (QED) is 0.693. The van der Waals surface area contributed by atoms with Crippen molar-refractivity contribution in [2.24, 2.45) is 5.41 Å². The molecule has 0 spiro atoms. The fraction of sp³-hybridized carbons (Fsp3) is 0.500. The maximum absolute atomic E-state index is 5.72. The van der Waals surface area contributed by atoms with Gasteiger partial charge in [0.2, 0.25) is 0 Å². The maximum atomic E-state index is 5.72. The second kappa shape index (κ2) is 3.85. The Balaban J connectivity index is 2.17. The number of nitrogens with one attached hydrogen (secondary N) is 1. The first-order chi connectivity index (χ1) is 6.98. The molecule has 2 nitrogen and oxygen atoms in total. The molecule has 1 atom stereocenters. The van der Waals surface area contributed by atoms with Gasteiger partial charge < -0.3 is 10.1 Å². The van der Waals surface area contributed by atoms with Gasteiger partial charge in [0.1, 0.15) is 6.61 Å². The van der Waals surface area contributed by atoms with E-state index in [0.29, 0.717) is 6.04 Å². The van der Waals surface area contributed by atoms with Crippen molar-refractivity contribution in [2.75, 3.05) is 6.61 Å². The summed E-state index contributed by atoms with van der Waals surface area (Å²) in [4.78, 5) is 0. The summed E-state index contributed by atoms with van der Waals surface area (Å²) in [5, 5.41) is 3.46. The molecule has 0 aromatic carbocycles. The predicted molar refractivity (Wildman–Crippen MR) is 70.6 cm³/mol. The fourth-order valence-electron chi connectivity index (χ4n) is 1.61. The third-order valence-electron chi connectivity index (χ3n) is 2.75. The van der Waals surface area contributed by atoms with Crippen LogP contribution < -0.4 is 5.32 Å². The van der Waals surface area contributed by atoms with E-state index in [0.717, 1.165) is 12.5 Å². The Morgan fingerprint density at radius 3 is 2.67 bits per heavy atom. The van der Waals surface area contributed by atoms with E-state index in [1.54, 1.807) is 0 Å². The van der Waals surface area contributed by atoms with Crippen molar-refractivity contribution in [3.63, 3.8) is 0 Å². The van der Waals surface area contributed by atoms with Gasteiger partial charge in [-0.3, -0.25) is 0 Å². The summed E-state index contributed by atoms with van der Waals surface area (Å²) in [5.74, 6) is 0.935. The molecule has 0 aromatic rings. The molecule has 1 unspecified atom stereocenters. The van der Waals surface area contributed by atoms with Crippen LogP contribution in [0.25, 0.3) is 0 Å². The second-order valence-electron chi connectivity index (χ2n) is 4.99. The van der Waals surface area contributed by atoms with Gasteiger partial charge >= 0.3 is 0 Å². The molecule has 1 aliphatic heterocycles. The predicted octanol–water partition coefficient (Wildman–Crippen LogP) is 3.12. The van der Waals surface area contributed by atoms with Gasteiger partial charge in [-0.1, -0.05) is 26.8 Å². The number of hydrogen-bond donors (Lipinski definition) is 1. The smallest absolute Gasteiger partial charge is 0.195 e. The molecule has 1 fully saturated rings. The van der Waals surface area contributed by atoms with Crippen LogP contribution in [-0.2, 0) is 4.74 Å². The molecule has 0 aromatic heterocycles. The Morgan fingerprint density at radius 1 is 1.47 bits per heavy atom. The first kappa shape index (κ1) is 11.0. The Kier molecular flexibility index (Phi) is 2.83. The number of rotatable bonds is 0. The summed E-state index contributed by atoms with van der Waals surface area (Å²) < 4.78 is 6.96. The molecule has 1 saturated heterocycles. The zero-order valence-electron chi connectivity index (χ0n) is 9.30. The lowest BCUT2D eigenvalue weighted by Gasteiger charge is -2.24. The minimum atomic E-state index is 0.236. The van der Waals surface area contributed by atoms with Gasteiger partial charge in [0.05, 0.1) is 6.04 Å². The van der Waals surface area contributed by atoms with Crippen LogP contribution in [0, 0.1) is 5.41 Å². The van der Waals surface area contributed by atoms with Crippen molar-refractivity contribution in [1.29, 1.82) is 0 Å². The SMILES string of the molecule is CC(C)(C)C1CO/C(=C2\C=CC=C2I)N1. The Bertz CT molecular complexity index is 360. The van der Waals surface area contributed by atoms with Crippen molar-refractivity contribution >= 4 is 22.6 Å². The Morgan fingerprint density at radius 2 is 2.20 bits per heavy atom. The summed E-state index contributed by atoms with van der Waals surface area (Å²) >= 11 is 2.33. The first-order valence-corrected chi connectivity index (χ1v) is 6.24. The van der Waals surface area contributed by atoms with Crippen LogP contribution in [0.15, 0.2) is 33.3 Å². The lowest BCUT2D eigenvalue weighted by Crippen LogP contribution is -2.36. The summed E-state index contributed by atoms with van der Waals surface area (Å²) in [5.41, 5.74) is 1.42. The molecule has 1 heterocycles. The van der Waals surface area contributed by atoms with Gasteiger partial charge in [-0.05, 0) is 40.2 Å². The molecule has 82 valence electrons. The topological polar surface area (TPSA) is 21.3 Å². The highest BCUT2D eigenvalue weighted by atomic mass is 127. The van der Waals surface area contributed by atoms with E-state index in [-0.39, 0.29) is 5.41 Å². The van der Waals surface area contributed by atoms with Crippen LogP contribution in [0.1, 0.15) is 20.8 Å². The molecule has 2 aliphatic rings. The minimum absolute atomic E-state index is 0.236. The molecule has 15 heavy (non-hydrogen) atoms. The van der Waals surface area contributed by atoms with Gasteiger partial charge in [-0.15, -0.1) is 0 Å². The highest BCUT2D eigenvalue weighted by molar-refractivity contribution is 14.1. The third-order valence-corrected chi connectivity index (χ3v) is 3.69. The van der Waals surface area contributed by atoms with E-state index < -0.39 is 0 Å². The normalized spacial score (nSPS) is 30.1. The van der Waals surface area contributed by atoms with E-state index in [1.165, 1.54) is 9.15 Å². The average Bonchev–Trinajstić information content (AvgIpc) is 2.69. The molecule has 3 heteroatoms. The number of hydrogen-bond acceptors (Lipinski definition) is 2. The highest BCUT2D eigenvalue weighted by Crippen LogP contribution is 2.31. The van der Waals surface area contributed by atoms with Gasteiger partial charge in [-0.2, -0.15) is 0 Å². The van der Waals surface area contributed by atoms with Crippen molar-refractivity contribution in [1.82, 2.24) is 5.32 Å². The summed E-state index contributed by atoms with van der Waals surface area (Å²) in [6.07, 6.45) is 6.24. The fourth-order valence-corrected chi connectivity index (χ4v) is 2.24. The first-order valence-electron chi connectivity index (χ1n) is 5.16. The molecule has 2 rings (SSSR count). The summed E-state index contributed by atoms with van der Waals surface area (Å²) in [7, 11) is 0. The van der Waals surface area contributed by atoms with Crippen LogP contribution in [0.5, 0.6) is 0 Å². The average molecular weight is 317 g/mol. The van der Waals surface area contributed by atoms with Gasteiger partial charge in [0.25, 0.3) is 0 Å². The van der Waals surface area contributed by atoms with E-state index in [1.807, 2.05) is 0 Å². The third kappa shape index (κ3) is 2.22. The Hall–Kier alpha value is -0.450. The highest BCUT2D eigenvalue weighted by Gasteiger charge is 2.32. The molecular formula is C12H16INO. The van der Waals surface area contributed by atoms with E-state index in [4.69, 9.17) is 4.74 Å². The minimum Gasteiger partial charge on any atom is -0.477 e. The van der Waals surface area contributed by atoms with Gasteiger partial charge in [-0.25, -0.2) is 0 Å². The van der Waals surface area contributed by atoms with Crippen LogP contribution in [0.2, 0.25) is 0 Å². The molecule has 0 bridgehead atoms. The maximum Gasteiger partial charge on any atom is 0.195 e. The number of halogens is 1. The largest absolute Gasteiger partial charge is 0.477 e. The molecule has 1 aliphatic carbocycles. The van der Waals surface area contributed by atoms with Crippen LogP contribution in [-0.4, -0.2) is 12.6 Å².